The van der Waals surface area contributed by atoms with Crippen molar-refractivity contribution in [2.45, 2.75) is 23.5 Å². The number of rotatable bonds is 3. The van der Waals surface area contributed by atoms with E-state index in [1.165, 1.54) is 17.1 Å². The highest BCUT2D eigenvalue weighted by Crippen LogP contribution is 2.38. The lowest BCUT2D eigenvalue weighted by molar-refractivity contribution is 0.557. The molecule has 0 radical (unpaired) electrons. The van der Waals surface area contributed by atoms with Crippen molar-refractivity contribution in [1.29, 1.82) is 0 Å². The van der Waals surface area contributed by atoms with Crippen LogP contribution in [0.5, 0.6) is 0 Å². The van der Waals surface area contributed by atoms with Crippen molar-refractivity contribution < 1.29 is 4.39 Å². The minimum atomic E-state index is -0.165. The van der Waals surface area contributed by atoms with E-state index in [0.717, 1.165) is 0 Å². The molecule has 0 aliphatic carbocycles. The Kier molecular flexibility index (Phi) is 4.77. The van der Waals surface area contributed by atoms with Crippen LogP contribution in [0.25, 0.3) is 0 Å². The van der Waals surface area contributed by atoms with E-state index < -0.39 is 0 Å². The Bertz CT molecular complexity index is 355. The maximum Gasteiger partial charge on any atom is 0.123 e. The van der Waals surface area contributed by atoms with Gasteiger partial charge in [0.25, 0.3) is 0 Å². The van der Waals surface area contributed by atoms with Crippen molar-refractivity contribution in [3.8, 4) is 0 Å². The number of hydrogen-bond donors (Lipinski definition) is 1. The first-order valence-electron chi connectivity index (χ1n) is 5.88. The minimum Gasteiger partial charge on any atom is -0.312 e. The van der Waals surface area contributed by atoms with Gasteiger partial charge in [0.15, 0.2) is 0 Å². The summed E-state index contributed by atoms with van der Waals surface area (Å²) in [5.41, 5.74) is 1.18. The van der Waals surface area contributed by atoms with E-state index >= 15 is 0 Å². The van der Waals surface area contributed by atoms with Crippen LogP contribution in [0.4, 0.5) is 4.39 Å². The molecule has 1 nitrogen and oxygen atoms in total. The molecule has 1 aliphatic heterocycles. The smallest absolute Gasteiger partial charge is 0.123 e. The molecule has 1 aliphatic rings. The van der Waals surface area contributed by atoms with Crippen molar-refractivity contribution in [3.63, 3.8) is 0 Å². The monoisotopic (exact) mass is 271 g/mol. The van der Waals surface area contributed by atoms with Gasteiger partial charge in [-0.25, -0.2) is 4.39 Å². The van der Waals surface area contributed by atoms with Crippen molar-refractivity contribution in [1.82, 2.24) is 5.32 Å². The molecule has 3 atom stereocenters. The van der Waals surface area contributed by atoms with Crippen molar-refractivity contribution in [3.05, 3.63) is 35.6 Å². The fraction of sp³-hybridized carbons (Fsp3) is 0.538. The van der Waals surface area contributed by atoms with Crippen LogP contribution in [0.2, 0.25) is 0 Å². The van der Waals surface area contributed by atoms with Crippen LogP contribution >= 0.6 is 23.5 Å². The molecule has 2 rings (SSSR count). The molecule has 3 unspecified atom stereocenters. The standard InChI is InChI=1S/C13H18FNS2/c1-9-13(17-8-7-16-9)12(15-2)10-3-5-11(14)6-4-10/h3-6,9,12-13,15H,7-8H2,1-2H3. The largest absolute Gasteiger partial charge is 0.312 e. The van der Waals surface area contributed by atoms with Crippen LogP contribution in [0.3, 0.4) is 0 Å². The van der Waals surface area contributed by atoms with Crippen LogP contribution in [0.1, 0.15) is 18.5 Å². The Morgan fingerprint density at radius 1 is 1.24 bits per heavy atom. The van der Waals surface area contributed by atoms with E-state index in [2.05, 4.69) is 12.2 Å². The summed E-state index contributed by atoms with van der Waals surface area (Å²) >= 11 is 4.06. The molecular weight excluding hydrogens is 253 g/mol. The van der Waals surface area contributed by atoms with Crippen LogP contribution in [0, 0.1) is 5.82 Å². The zero-order valence-corrected chi connectivity index (χ0v) is 11.8. The minimum absolute atomic E-state index is 0.165. The van der Waals surface area contributed by atoms with Gasteiger partial charge in [-0.05, 0) is 24.7 Å². The highest BCUT2D eigenvalue weighted by atomic mass is 32.2. The van der Waals surface area contributed by atoms with E-state index in [9.17, 15) is 4.39 Å². The molecule has 0 bridgehead atoms. The maximum absolute atomic E-state index is 12.9. The summed E-state index contributed by atoms with van der Waals surface area (Å²) < 4.78 is 12.9. The van der Waals surface area contributed by atoms with Gasteiger partial charge in [0.1, 0.15) is 5.82 Å². The number of nitrogens with one attached hydrogen (secondary N) is 1. The van der Waals surface area contributed by atoms with E-state index in [0.29, 0.717) is 16.5 Å². The topological polar surface area (TPSA) is 12.0 Å². The maximum atomic E-state index is 12.9. The predicted octanol–water partition coefficient (Wildman–Crippen LogP) is 3.32. The van der Waals surface area contributed by atoms with Crippen LogP contribution in [-0.4, -0.2) is 29.1 Å². The highest BCUT2D eigenvalue weighted by Gasteiger charge is 2.30. The molecule has 0 saturated carbocycles. The summed E-state index contributed by atoms with van der Waals surface area (Å²) in [5.74, 6) is 2.28. The molecule has 0 amide bonds. The Morgan fingerprint density at radius 3 is 2.47 bits per heavy atom. The first-order valence-corrected chi connectivity index (χ1v) is 7.98. The second kappa shape index (κ2) is 6.12. The van der Waals surface area contributed by atoms with E-state index in [-0.39, 0.29) is 5.82 Å². The lowest BCUT2D eigenvalue weighted by Gasteiger charge is -2.34. The molecule has 0 aromatic heterocycles. The fourth-order valence-corrected chi connectivity index (χ4v) is 5.20. The van der Waals surface area contributed by atoms with Crippen LogP contribution in [-0.2, 0) is 0 Å². The number of thioether (sulfide) groups is 2. The highest BCUT2D eigenvalue weighted by molar-refractivity contribution is 8.07. The van der Waals surface area contributed by atoms with E-state index in [4.69, 9.17) is 0 Å². The van der Waals surface area contributed by atoms with Crippen molar-refractivity contribution in [2.24, 2.45) is 0 Å². The van der Waals surface area contributed by atoms with Gasteiger partial charge in [-0.2, -0.15) is 23.5 Å². The van der Waals surface area contributed by atoms with Crippen LogP contribution in [0.15, 0.2) is 24.3 Å². The first kappa shape index (κ1) is 13.2. The summed E-state index contributed by atoms with van der Waals surface area (Å²) in [6.45, 7) is 2.29. The third-order valence-electron chi connectivity index (χ3n) is 3.11. The Balaban J connectivity index is 2.17. The lowest BCUT2D eigenvalue weighted by atomic mass is 10.0. The summed E-state index contributed by atoms with van der Waals surface area (Å²) in [4.78, 5) is 0. The normalized spacial score (nSPS) is 26.8. The molecule has 1 fully saturated rings. The zero-order chi connectivity index (χ0) is 12.3. The molecule has 4 heteroatoms. The van der Waals surface area contributed by atoms with Gasteiger partial charge < -0.3 is 5.32 Å². The summed E-state index contributed by atoms with van der Waals surface area (Å²) in [7, 11) is 1.99. The first-order chi connectivity index (χ1) is 8.22. The molecule has 17 heavy (non-hydrogen) atoms. The van der Waals surface area contributed by atoms with Gasteiger partial charge in [0, 0.05) is 28.0 Å². The predicted molar refractivity (Wildman–Crippen MR) is 76.4 cm³/mol. The average molecular weight is 271 g/mol. The Morgan fingerprint density at radius 2 is 1.88 bits per heavy atom. The van der Waals surface area contributed by atoms with Gasteiger partial charge in [0.2, 0.25) is 0 Å². The van der Waals surface area contributed by atoms with Gasteiger partial charge in [-0.3, -0.25) is 0 Å². The Labute approximate surface area is 111 Å². The van der Waals surface area contributed by atoms with Crippen molar-refractivity contribution in [2.75, 3.05) is 18.6 Å². The second-order valence-corrected chi connectivity index (χ2v) is 7.00. The van der Waals surface area contributed by atoms with E-state index in [1.54, 1.807) is 12.1 Å². The molecule has 0 spiro atoms. The third-order valence-corrected chi connectivity index (χ3v) is 6.30. The molecule has 1 aromatic rings. The lowest BCUT2D eigenvalue weighted by Crippen LogP contribution is -2.36. The third kappa shape index (κ3) is 3.18. The second-order valence-electron chi connectivity index (χ2n) is 4.23. The summed E-state index contributed by atoms with van der Waals surface area (Å²) in [6, 6.07) is 7.19. The van der Waals surface area contributed by atoms with Crippen molar-refractivity contribution >= 4 is 23.5 Å². The quantitative estimate of drug-likeness (QED) is 0.905. The zero-order valence-electron chi connectivity index (χ0n) is 10.2. The van der Waals surface area contributed by atoms with Gasteiger partial charge >= 0.3 is 0 Å². The average Bonchev–Trinajstić information content (AvgIpc) is 2.35. The summed E-state index contributed by atoms with van der Waals surface area (Å²) in [6.07, 6.45) is 0. The number of hydrogen-bond acceptors (Lipinski definition) is 3. The molecule has 1 heterocycles. The fourth-order valence-electron chi connectivity index (χ4n) is 2.21. The van der Waals surface area contributed by atoms with Gasteiger partial charge in [-0.1, -0.05) is 19.1 Å². The number of benzene rings is 1. The molecular formula is C13H18FNS2. The summed E-state index contributed by atoms with van der Waals surface area (Å²) in [5, 5.41) is 4.58. The van der Waals surface area contributed by atoms with Gasteiger partial charge in [-0.15, -0.1) is 0 Å². The molecule has 94 valence electrons. The molecule has 1 N–H and O–H groups in total. The SMILES string of the molecule is CNC(c1ccc(F)cc1)C1SCCSC1C. The van der Waals surface area contributed by atoms with Crippen LogP contribution < -0.4 is 5.32 Å². The van der Waals surface area contributed by atoms with Gasteiger partial charge in [0.05, 0.1) is 0 Å². The number of halogens is 1. The Hall–Kier alpha value is -0.190. The van der Waals surface area contributed by atoms with E-state index in [1.807, 2.05) is 42.7 Å². The molecule has 1 aromatic carbocycles. The molecule has 1 saturated heterocycles.